The first kappa shape index (κ1) is 15.3. The normalized spacial score (nSPS) is 14.0. The Kier molecular flexibility index (Phi) is 8.07. The summed E-state index contributed by atoms with van der Waals surface area (Å²) in [4.78, 5) is 22.7. The maximum atomic E-state index is 11.8. The van der Waals surface area contributed by atoms with Crippen LogP contribution in [0.4, 0.5) is 0 Å². The van der Waals surface area contributed by atoms with E-state index in [0.717, 1.165) is 19.3 Å². The van der Waals surface area contributed by atoms with Gasteiger partial charge in [0.2, 0.25) is 11.8 Å². The monoisotopic (exact) mass is 246 g/mol. The summed E-state index contributed by atoms with van der Waals surface area (Å²) in [6, 6.07) is -0.347. The Morgan fingerprint density at radius 1 is 1.25 bits per heavy atom. The molecule has 2 unspecified atom stereocenters. The minimum absolute atomic E-state index is 0.148. The number of rotatable bonds is 7. The van der Waals surface area contributed by atoms with Crippen molar-refractivity contribution < 1.29 is 9.59 Å². The van der Waals surface area contributed by atoms with Gasteiger partial charge in [0, 0.05) is 18.7 Å². The Labute approximate surface area is 103 Å². The van der Waals surface area contributed by atoms with Gasteiger partial charge in [-0.05, 0) is 12.8 Å². The molecule has 0 rings (SSSR count). The average molecular weight is 246 g/mol. The molecule has 0 aromatic rings. The molecule has 94 valence electrons. The first-order valence-electron chi connectivity index (χ1n) is 5.73. The quantitative estimate of drug-likeness (QED) is 0.590. The Hall–Kier alpha value is -0.710. The van der Waals surface area contributed by atoms with Crippen molar-refractivity contribution >= 4 is 24.4 Å². The SMILES string of the molecule is CCCC(CC)NC(=O)C(CS)NC(C)=O. The summed E-state index contributed by atoms with van der Waals surface area (Å²) in [6.45, 7) is 5.51. The molecule has 0 aliphatic heterocycles. The van der Waals surface area contributed by atoms with Gasteiger partial charge in [-0.3, -0.25) is 9.59 Å². The van der Waals surface area contributed by atoms with Gasteiger partial charge in [0.25, 0.3) is 0 Å². The van der Waals surface area contributed by atoms with Crippen molar-refractivity contribution in [3.63, 3.8) is 0 Å². The number of nitrogens with one attached hydrogen (secondary N) is 2. The van der Waals surface area contributed by atoms with E-state index in [4.69, 9.17) is 0 Å². The van der Waals surface area contributed by atoms with Crippen LogP contribution >= 0.6 is 12.6 Å². The second-order valence-corrected chi connectivity index (χ2v) is 4.20. The third kappa shape index (κ3) is 6.00. The highest BCUT2D eigenvalue weighted by Crippen LogP contribution is 2.01. The summed E-state index contributed by atoms with van der Waals surface area (Å²) in [7, 11) is 0. The second kappa shape index (κ2) is 8.44. The summed E-state index contributed by atoms with van der Waals surface area (Å²) >= 11 is 4.06. The summed E-state index contributed by atoms with van der Waals surface area (Å²) in [6.07, 6.45) is 2.89. The molecule has 2 atom stereocenters. The first-order chi connectivity index (χ1) is 7.54. The molecule has 0 aliphatic rings. The van der Waals surface area contributed by atoms with E-state index in [1.165, 1.54) is 6.92 Å². The number of carbonyl (C=O) groups is 2. The lowest BCUT2D eigenvalue weighted by atomic mass is 10.1. The third-order valence-corrected chi connectivity index (χ3v) is 2.72. The highest BCUT2D eigenvalue weighted by atomic mass is 32.1. The zero-order valence-electron chi connectivity index (χ0n) is 10.2. The summed E-state index contributed by atoms with van der Waals surface area (Å²) < 4.78 is 0. The molecular formula is C11H22N2O2S. The molecule has 2 amide bonds. The molecule has 0 saturated carbocycles. The smallest absolute Gasteiger partial charge is 0.243 e. The van der Waals surface area contributed by atoms with Gasteiger partial charge >= 0.3 is 0 Å². The first-order valence-corrected chi connectivity index (χ1v) is 6.36. The van der Waals surface area contributed by atoms with E-state index in [1.807, 2.05) is 6.92 Å². The van der Waals surface area contributed by atoms with Crippen LogP contribution in [0.25, 0.3) is 0 Å². The molecule has 2 N–H and O–H groups in total. The largest absolute Gasteiger partial charge is 0.352 e. The molecule has 0 aromatic carbocycles. The number of hydrogen-bond donors (Lipinski definition) is 3. The Morgan fingerprint density at radius 3 is 2.25 bits per heavy atom. The van der Waals surface area contributed by atoms with E-state index in [2.05, 4.69) is 30.2 Å². The van der Waals surface area contributed by atoms with Gasteiger partial charge in [-0.1, -0.05) is 20.3 Å². The predicted octanol–water partition coefficient (Wildman–Crippen LogP) is 1.12. The van der Waals surface area contributed by atoms with Crippen molar-refractivity contribution in [3.8, 4) is 0 Å². The van der Waals surface area contributed by atoms with Gasteiger partial charge in [-0.25, -0.2) is 0 Å². The molecule has 4 nitrogen and oxygen atoms in total. The van der Waals surface area contributed by atoms with E-state index in [-0.39, 0.29) is 17.9 Å². The van der Waals surface area contributed by atoms with Crippen molar-refractivity contribution in [1.82, 2.24) is 10.6 Å². The van der Waals surface area contributed by atoms with E-state index < -0.39 is 6.04 Å². The van der Waals surface area contributed by atoms with Crippen molar-refractivity contribution in [3.05, 3.63) is 0 Å². The maximum Gasteiger partial charge on any atom is 0.243 e. The minimum Gasteiger partial charge on any atom is -0.352 e. The van der Waals surface area contributed by atoms with Crippen molar-refractivity contribution in [2.45, 2.75) is 52.1 Å². The lowest BCUT2D eigenvalue weighted by Gasteiger charge is -2.20. The standard InChI is InChI=1S/C11H22N2O2S/c1-4-6-9(5-2)13-11(15)10(7-16)12-8(3)14/h9-10,16H,4-7H2,1-3H3,(H,12,14)(H,13,15). The lowest BCUT2D eigenvalue weighted by molar-refractivity contribution is -0.128. The topological polar surface area (TPSA) is 58.2 Å². The highest BCUT2D eigenvalue weighted by Gasteiger charge is 2.19. The van der Waals surface area contributed by atoms with Crippen LogP contribution < -0.4 is 10.6 Å². The fourth-order valence-electron chi connectivity index (χ4n) is 1.47. The predicted molar refractivity (Wildman–Crippen MR) is 68.6 cm³/mol. The van der Waals surface area contributed by atoms with Gasteiger partial charge in [0.05, 0.1) is 0 Å². The number of carbonyl (C=O) groups excluding carboxylic acids is 2. The molecule has 0 aromatic heterocycles. The van der Waals surface area contributed by atoms with Crippen LogP contribution in [0.15, 0.2) is 0 Å². The van der Waals surface area contributed by atoms with Crippen LogP contribution in [-0.2, 0) is 9.59 Å². The fraction of sp³-hybridized carbons (Fsp3) is 0.818. The average Bonchev–Trinajstić information content (AvgIpc) is 2.24. The molecule has 0 spiro atoms. The van der Waals surface area contributed by atoms with E-state index in [9.17, 15) is 9.59 Å². The number of thiol groups is 1. The Morgan fingerprint density at radius 2 is 1.88 bits per heavy atom. The highest BCUT2D eigenvalue weighted by molar-refractivity contribution is 7.80. The van der Waals surface area contributed by atoms with Gasteiger partial charge < -0.3 is 10.6 Å². The van der Waals surface area contributed by atoms with Gasteiger partial charge in [-0.2, -0.15) is 12.6 Å². The van der Waals surface area contributed by atoms with Crippen LogP contribution in [0.5, 0.6) is 0 Å². The Bertz CT molecular complexity index is 234. The van der Waals surface area contributed by atoms with Crippen molar-refractivity contribution in [2.75, 3.05) is 5.75 Å². The van der Waals surface area contributed by atoms with Gasteiger partial charge in [0.15, 0.2) is 0 Å². The lowest BCUT2D eigenvalue weighted by Crippen LogP contribution is -2.50. The van der Waals surface area contributed by atoms with E-state index in [0.29, 0.717) is 5.75 Å². The Balaban J connectivity index is 4.22. The van der Waals surface area contributed by atoms with Crippen LogP contribution in [0.1, 0.15) is 40.0 Å². The molecule has 0 heterocycles. The van der Waals surface area contributed by atoms with Crippen molar-refractivity contribution in [2.24, 2.45) is 0 Å². The maximum absolute atomic E-state index is 11.8. The van der Waals surface area contributed by atoms with Crippen LogP contribution in [0.2, 0.25) is 0 Å². The number of amides is 2. The molecule has 0 saturated heterocycles. The molecule has 5 heteroatoms. The van der Waals surface area contributed by atoms with Gasteiger partial charge in [0.1, 0.15) is 6.04 Å². The minimum atomic E-state index is -0.535. The molecule has 16 heavy (non-hydrogen) atoms. The van der Waals surface area contributed by atoms with E-state index >= 15 is 0 Å². The molecule has 0 fully saturated rings. The summed E-state index contributed by atoms with van der Waals surface area (Å²) in [5, 5.41) is 5.49. The zero-order valence-corrected chi connectivity index (χ0v) is 11.1. The molecule has 0 radical (unpaired) electrons. The number of hydrogen-bond acceptors (Lipinski definition) is 3. The summed E-state index contributed by atoms with van der Waals surface area (Å²) in [5.41, 5.74) is 0. The molecular weight excluding hydrogens is 224 g/mol. The van der Waals surface area contributed by atoms with Crippen LogP contribution in [0.3, 0.4) is 0 Å². The summed E-state index contributed by atoms with van der Waals surface area (Å²) in [5.74, 6) is -0.0446. The van der Waals surface area contributed by atoms with Crippen LogP contribution in [0, 0.1) is 0 Å². The van der Waals surface area contributed by atoms with Crippen molar-refractivity contribution in [1.29, 1.82) is 0 Å². The fourth-order valence-corrected chi connectivity index (χ4v) is 1.73. The second-order valence-electron chi connectivity index (χ2n) is 3.84. The van der Waals surface area contributed by atoms with Gasteiger partial charge in [-0.15, -0.1) is 0 Å². The molecule has 0 bridgehead atoms. The molecule has 0 aliphatic carbocycles. The third-order valence-electron chi connectivity index (χ3n) is 2.35. The van der Waals surface area contributed by atoms with E-state index in [1.54, 1.807) is 0 Å². The van der Waals surface area contributed by atoms with Crippen LogP contribution in [-0.4, -0.2) is 29.7 Å². The zero-order chi connectivity index (χ0) is 12.6.